The van der Waals surface area contributed by atoms with Crippen LogP contribution in [0.4, 0.5) is 23.7 Å². The minimum absolute atomic E-state index is 0.00882. The van der Waals surface area contributed by atoms with Crippen molar-refractivity contribution in [2.45, 2.75) is 57.3 Å². The average molecular weight is 548 g/mol. The highest BCUT2D eigenvalue weighted by Crippen LogP contribution is 2.52. The van der Waals surface area contributed by atoms with Crippen LogP contribution in [-0.2, 0) is 6.18 Å². The highest BCUT2D eigenvalue weighted by atomic mass is 19.4. The van der Waals surface area contributed by atoms with E-state index in [0.717, 1.165) is 55.0 Å². The number of fused-ring (bicyclic) bond motifs is 3. The number of likely N-dealkylation sites (tertiary alicyclic amines) is 1. The normalized spacial score (nSPS) is 21.6. The summed E-state index contributed by atoms with van der Waals surface area (Å²) in [6, 6.07) is 18.5. The lowest BCUT2D eigenvalue weighted by molar-refractivity contribution is -0.137. The Hall–Kier alpha value is -3.94. The zero-order valence-corrected chi connectivity index (χ0v) is 22.5. The van der Waals surface area contributed by atoms with Crippen LogP contribution in [0.1, 0.15) is 67.3 Å². The third kappa shape index (κ3) is 4.80. The monoisotopic (exact) mass is 547 g/mol. The Morgan fingerprint density at radius 2 is 1.73 bits per heavy atom. The van der Waals surface area contributed by atoms with Crippen molar-refractivity contribution in [1.29, 1.82) is 0 Å². The highest BCUT2D eigenvalue weighted by Gasteiger charge is 2.43. The van der Waals surface area contributed by atoms with Gasteiger partial charge in [-0.2, -0.15) is 13.2 Å². The summed E-state index contributed by atoms with van der Waals surface area (Å²) >= 11 is 0. The maximum atomic E-state index is 12.9. The zero-order valence-electron chi connectivity index (χ0n) is 22.5. The quantitative estimate of drug-likeness (QED) is 0.346. The fraction of sp³-hybridized carbons (Fsp3) is 0.344. The first kappa shape index (κ1) is 26.3. The molecule has 2 N–H and O–H groups in total. The number of urea groups is 1. The van der Waals surface area contributed by atoms with Gasteiger partial charge in [-0.1, -0.05) is 50.3 Å². The first-order valence-corrected chi connectivity index (χ1v) is 13.8. The first-order valence-electron chi connectivity index (χ1n) is 13.8. The molecule has 3 atom stereocenters. The predicted molar refractivity (Wildman–Crippen MR) is 148 cm³/mol. The zero-order chi connectivity index (χ0) is 28.0. The molecule has 0 saturated carbocycles. The smallest absolute Gasteiger partial charge is 0.416 e. The lowest BCUT2D eigenvalue weighted by Crippen LogP contribution is -2.44. The number of halogens is 3. The standard InChI is InChI=1S/C32H32F3N3O2/c1-19(2)22-8-5-12-28-29(22)30(24-7-3-4-11-27(24)40-28)38-18-17-23-25(9-6-10-26(23)38)37-31(39)36-21-15-13-20(14-16-21)32(33,34)35/h3-5,7-8,10-16,19,23,25,30H,6,9,17-18H2,1-2H3,(H2,36,37,39). The van der Waals surface area contributed by atoms with Gasteiger partial charge < -0.3 is 20.3 Å². The Labute approximate surface area is 232 Å². The van der Waals surface area contributed by atoms with E-state index in [0.29, 0.717) is 11.6 Å². The molecule has 1 fully saturated rings. The largest absolute Gasteiger partial charge is 0.457 e. The van der Waals surface area contributed by atoms with Crippen molar-refractivity contribution in [3.8, 4) is 11.5 Å². The lowest BCUT2D eigenvalue weighted by atomic mass is 9.84. The second kappa shape index (κ2) is 10.2. The van der Waals surface area contributed by atoms with Crippen LogP contribution in [0.5, 0.6) is 11.5 Å². The summed E-state index contributed by atoms with van der Waals surface area (Å²) < 4.78 is 45.1. The number of amides is 2. The minimum atomic E-state index is -4.42. The molecule has 40 heavy (non-hydrogen) atoms. The fourth-order valence-corrected chi connectivity index (χ4v) is 6.43. The van der Waals surface area contributed by atoms with Gasteiger partial charge in [-0.25, -0.2) is 4.79 Å². The van der Waals surface area contributed by atoms with Gasteiger partial charge in [0.15, 0.2) is 0 Å². The number of benzene rings is 3. The minimum Gasteiger partial charge on any atom is -0.457 e. The molecular weight excluding hydrogens is 515 g/mol. The van der Waals surface area contributed by atoms with Crippen LogP contribution in [0.2, 0.25) is 0 Å². The number of nitrogens with one attached hydrogen (secondary N) is 2. The van der Waals surface area contributed by atoms with E-state index in [1.54, 1.807) is 0 Å². The second-order valence-electron chi connectivity index (χ2n) is 11.0. The number of ether oxygens (including phenoxy) is 1. The van der Waals surface area contributed by atoms with E-state index in [1.807, 2.05) is 18.2 Å². The van der Waals surface area contributed by atoms with E-state index in [4.69, 9.17) is 4.74 Å². The molecule has 1 aliphatic carbocycles. The summed E-state index contributed by atoms with van der Waals surface area (Å²) in [6.07, 6.45) is 0.425. The number of hydrogen-bond donors (Lipinski definition) is 2. The highest BCUT2D eigenvalue weighted by molar-refractivity contribution is 5.89. The molecule has 3 aliphatic rings. The summed E-state index contributed by atoms with van der Waals surface area (Å²) in [4.78, 5) is 15.4. The fourth-order valence-electron chi connectivity index (χ4n) is 6.43. The van der Waals surface area contributed by atoms with Crippen molar-refractivity contribution in [2.75, 3.05) is 11.9 Å². The molecule has 3 aromatic carbocycles. The van der Waals surface area contributed by atoms with Crippen LogP contribution >= 0.6 is 0 Å². The van der Waals surface area contributed by atoms with E-state index < -0.39 is 17.8 Å². The van der Waals surface area contributed by atoms with Crippen LogP contribution in [-0.4, -0.2) is 23.5 Å². The van der Waals surface area contributed by atoms with Crippen LogP contribution in [0.3, 0.4) is 0 Å². The number of carbonyl (C=O) groups is 1. The molecule has 3 unspecified atom stereocenters. The Kier molecular flexibility index (Phi) is 6.72. The molecule has 0 spiro atoms. The van der Waals surface area contributed by atoms with Gasteiger partial charge in [0.05, 0.1) is 11.6 Å². The molecule has 3 aromatic rings. The summed E-state index contributed by atoms with van der Waals surface area (Å²) in [5.41, 5.74) is 4.41. The summed E-state index contributed by atoms with van der Waals surface area (Å²) in [7, 11) is 0. The number of rotatable bonds is 4. The molecule has 1 saturated heterocycles. The van der Waals surface area contributed by atoms with E-state index >= 15 is 0 Å². The molecule has 0 aromatic heterocycles. The van der Waals surface area contributed by atoms with Crippen molar-refractivity contribution in [1.82, 2.24) is 10.2 Å². The third-order valence-corrected chi connectivity index (χ3v) is 8.24. The summed E-state index contributed by atoms with van der Waals surface area (Å²) in [6.45, 7) is 5.25. The van der Waals surface area contributed by atoms with Crippen LogP contribution in [0.25, 0.3) is 0 Å². The summed E-state index contributed by atoms with van der Waals surface area (Å²) in [5.74, 6) is 2.23. The van der Waals surface area contributed by atoms with Gasteiger partial charge in [0.25, 0.3) is 0 Å². The molecular formula is C32H32F3N3O2. The maximum Gasteiger partial charge on any atom is 0.416 e. The van der Waals surface area contributed by atoms with Gasteiger partial charge in [-0.15, -0.1) is 0 Å². The third-order valence-electron chi connectivity index (χ3n) is 8.24. The number of alkyl halides is 3. The molecule has 6 rings (SSSR count). The van der Waals surface area contributed by atoms with Crippen molar-refractivity contribution in [3.63, 3.8) is 0 Å². The SMILES string of the molecule is CC(C)c1cccc2c1C(N1CCC3C1=CCCC3NC(=O)Nc1ccc(C(F)(F)F)cc1)c1ccccc1O2. The van der Waals surface area contributed by atoms with Gasteiger partial charge in [0.2, 0.25) is 0 Å². The lowest BCUT2D eigenvalue weighted by Gasteiger charge is -2.40. The van der Waals surface area contributed by atoms with E-state index in [1.165, 1.54) is 29.0 Å². The van der Waals surface area contributed by atoms with Gasteiger partial charge in [-0.3, -0.25) is 0 Å². The molecule has 208 valence electrons. The number of hydrogen-bond acceptors (Lipinski definition) is 3. The van der Waals surface area contributed by atoms with Crippen LogP contribution in [0, 0.1) is 5.92 Å². The van der Waals surface area contributed by atoms with Crippen molar-refractivity contribution in [2.24, 2.45) is 5.92 Å². The first-order chi connectivity index (χ1) is 19.2. The van der Waals surface area contributed by atoms with Crippen molar-refractivity contribution in [3.05, 3.63) is 101 Å². The Bertz CT molecular complexity index is 1450. The number of anilines is 1. The van der Waals surface area contributed by atoms with Crippen molar-refractivity contribution >= 4 is 11.7 Å². The number of nitrogens with zero attached hydrogens (tertiary/aromatic N) is 1. The van der Waals surface area contributed by atoms with Gasteiger partial charge in [0, 0.05) is 41.0 Å². The summed E-state index contributed by atoms with van der Waals surface area (Å²) in [5, 5.41) is 5.81. The number of para-hydroxylation sites is 1. The molecule has 8 heteroatoms. The van der Waals surface area contributed by atoms with Gasteiger partial charge >= 0.3 is 12.2 Å². The second-order valence-corrected chi connectivity index (χ2v) is 11.0. The van der Waals surface area contributed by atoms with Gasteiger partial charge in [0.1, 0.15) is 11.5 Å². The number of carbonyl (C=O) groups excluding carboxylic acids is 1. The Balaban J connectivity index is 1.24. The molecule has 2 heterocycles. The predicted octanol–water partition coefficient (Wildman–Crippen LogP) is 8.21. The van der Waals surface area contributed by atoms with E-state index in [-0.39, 0.29) is 18.0 Å². The number of allylic oxidation sites excluding steroid dienone is 1. The topological polar surface area (TPSA) is 53.6 Å². The maximum absolute atomic E-state index is 12.9. The molecule has 2 aliphatic heterocycles. The van der Waals surface area contributed by atoms with Gasteiger partial charge in [-0.05, 0) is 67.1 Å². The van der Waals surface area contributed by atoms with Crippen LogP contribution in [0.15, 0.2) is 78.5 Å². The van der Waals surface area contributed by atoms with Crippen molar-refractivity contribution < 1.29 is 22.7 Å². The Morgan fingerprint density at radius 3 is 2.48 bits per heavy atom. The molecule has 5 nitrogen and oxygen atoms in total. The van der Waals surface area contributed by atoms with E-state index in [2.05, 4.69) is 59.7 Å². The molecule has 0 bridgehead atoms. The molecule has 0 radical (unpaired) electrons. The van der Waals surface area contributed by atoms with E-state index in [9.17, 15) is 18.0 Å². The van der Waals surface area contributed by atoms with Crippen LogP contribution < -0.4 is 15.4 Å². The average Bonchev–Trinajstić information content (AvgIpc) is 3.36. The molecule has 2 amide bonds. The Morgan fingerprint density at radius 1 is 0.975 bits per heavy atom.